The molecule has 3 aromatic rings. The summed E-state index contributed by atoms with van der Waals surface area (Å²) in [5, 5.41) is 6.80. The zero-order chi connectivity index (χ0) is 24.7. The Morgan fingerprint density at radius 1 is 1.29 bits per heavy atom. The first kappa shape index (κ1) is 23.9. The number of ether oxygens (including phenoxy) is 1. The number of carbonyl (C=O) groups is 1. The van der Waals surface area contributed by atoms with Crippen LogP contribution in [-0.4, -0.2) is 65.3 Å². The zero-order valence-corrected chi connectivity index (χ0v) is 22.0. The van der Waals surface area contributed by atoms with Gasteiger partial charge in [-0.15, -0.1) is 16.4 Å². The van der Waals surface area contributed by atoms with Gasteiger partial charge in [-0.05, 0) is 54.6 Å². The molecule has 3 N–H and O–H groups in total. The fourth-order valence-corrected chi connectivity index (χ4v) is 5.25. The highest BCUT2D eigenvalue weighted by molar-refractivity contribution is 14.1. The van der Waals surface area contributed by atoms with Crippen molar-refractivity contribution in [3.63, 3.8) is 0 Å². The van der Waals surface area contributed by atoms with Crippen LogP contribution in [0.4, 0.5) is 26.6 Å². The standard InChI is InChI=1S/C22H23FIN7O3S/c1-22(2)11-33-18(29-22)13-10-35-19-16(13)17(27-20(25)28-19)30-5-7-31(8-6-30)34-21(32)26-15-4-3-12(24)9-14(15)23/h3-4,9-10H,5-8,11H2,1-2H3,(H,26,32)(H2,25,27,28). The van der Waals surface area contributed by atoms with E-state index in [1.807, 2.05) is 41.8 Å². The molecule has 0 atom stereocenters. The van der Waals surface area contributed by atoms with E-state index in [9.17, 15) is 9.18 Å². The number of aliphatic imine (C=N–C) groups is 1. The average molecular weight is 611 g/mol. The van der Waals surface area contributed by atoms with Crippen molar-refractivity contribution in [1.29, 1.82) is 0 Å². The molecule has 35 heavy (non-hydrogen) atoms. The first-order valence-electron chi connectivity index (χ1n) is 10.9. The van der Waals surface area contributed by atoms with Crippen LogP contribution in [0.25, 0.3) is 10.2 Å². The van der Waals surface area contributed by atoms with E-state index in [0.717, 1.165) is 19.4 Å². The number of amides is 1. The van der Waals surface area contributed by atoms with E-state index in [0.29, 0.717) is 44.5 Å². The Hall–Kier alpha value is -2.78. The van der Waals surface area contributed by atoms with Gasteiger partial charge in [0.1, 0.15) is 23.1 Å². The molecule has 5 rings (SSSR count). The van der Waals surface area contributed by atoms with E-state index in [-0.39, 0.29) is 17.2 Å². The summed E-state index contributed by atoms with van der Waals surface area (Å²) in [7, 11) is 0. The lowest BCUT2D eigenvalue weighted by Gasteiger charge is -2.34. The second-order valence-corrected chi connectivity index (χ2v) is 10.9. The van der Waals surface area contributed by atoms with Crippen LogP contribution in [-0.2, 0) is 9.57 Å². The molecule has 1 amide bonds. The highest BCUT2D eigenvalue weighted by Crippen LogP contribution is 2.35. The van der Waals surface area contributed by atoms with Crippen LogP contribution in [0.1, 0.15) is 19.4 Å². The topological polar surface area (TPSA) is 118 Å². The molecule has 13 heteroatoms. The van der Waals surface area contributed by atoms with Crippen molar-refractivity contribution in [2.45, 2.75) is 19.4 Å². The van der Waals surface area contributed by atoms with Crippen molar-refractivity contribution < 1.29 is 18.8 Å². The van der Waals surface area contributed by atoms with Gasteiger partial charge in [-0.3, -0.25) is 5.32 Å². The number of nitrogen functional groups attached to an aromatic ring is 1. The summed E-state index contributed by atoms with van der Waals surface area (Å²) in [4.78, 5) is 34.1. The molecule has 1 aromatic carbocycles. The number of nitrogens with zero attached hydrogens (tertiary/aromatic N) is 5. The number of rotatable bonds is 4. The summed E-state index contributed by atoms with van der Waals surface area (Å²) in [5.41, 5.74) is 6.63. The number of carbonyl (C=O) groups excluding carboxylic acids is 1. The van der Waals surface area contributed by atoms with E-state index in [1.54, 1.807) is 11.1 Å². The van der Waals surface area contributed by atoms with Crippen LogP contribution in [0.3, 0.4) is 0 Å². The lowest BCUT2D eigenvalue weighted by Crippen LogP contribution is -2.47. The predicted molar refractivity (Wildman–Crippen MR) is 141 cm³/mol. The van der Waals surface area contributed by atoms with Crippen LogP contribution in [0.15, 0.2) is 28.6 Å². The van der Waals surface area contributed by atoms with Crippen molar-refractivity contribution in [3.05, 3.63) is 38.5 Å². The minimum Gasteiger partial charge on any atom is -0.475 e. The Kier molecular flexibility index (Phi) is 6.40. The first-order chi connectivity index (χ1) is 16.7. The molecule has 0 bridgehead atoms. The highest BCUT2D eigenvalue weighted by Gasteiger charge is 2.31. The largest absolute Gasteiger partial charge is 0.475 e. The third kappa shape index (κ3) is 5.11. The van der Waals surface area contributed by atoms with Crippen LogP contribution >= 0.6 is 33.9 Å². The Labute approximate surface area is 218 Å². The fourth-order valence-electron chi connectivity index (χ4n) is 3.88. The predicted octanol–water partition coefficient (Wildman–Crippen LogP) is 3.86. The normalized spacial score (nSPS) is 17.8. The van der Waals surface area contributed by atoms with Gasteiger partial charge in [-0.1, -0.05) is 0 Å². The highest BCUT2D eigenvalue weighted by atomic mass is 127. The molecule has 0 radical (unpaired) electrons. The quantitative estimate of drug-likeness (QED) is 0.428. The van der Waals surface area contributed by atoms with Crippen molar-refractivity contribution >= 4 is 73.6 Å². The third-order valence-corrected chi connectivity index (χ3v) is 7.09. The maximum Gasteiger partial charge on any atom is 0.430 e. The number of aromatic nitrogens is 2. The molecule has 1 fully saturated rings. The molecule has 2 aliphatic heterocycles. The lowest BCUT2D eigenvalue weighted by atomic mass is 10.1. The molecule has 2 aliphatic rings. The van der Waals surface area contributed by atoms with E-state index < -0.39 is 11.9 Å². The molecule has 184 valence electrons. The minimum absolute atomic E-state index is 0.0677. The van der Waals surface area contributed by atoms with Gasteiger partial charge in [-0.25, -0.2) is 19.2 Å². The second-order valence-electron chi connectivity index (χ2n) is 8.80. The summed E-state index contributed by atoms with van der Waals surface area (Å²) in [6.45, 7) is 6.47. The SMILES string of the molecule is CC1(C)COC(c2csc3nc(N)nc(N4CCN(OC(=O)Nc5ccc(I)cc5F)CC4)c23)=N1. The number of anilines is 3. The number of benzene rings is 1. The minimum atomic E-state index is -0.744. The van der Waals surface area contributed by atoms with Crippen molar-refractivity contribution in [3.8, 4) is 0 Å². The number of hydrogen-bond donors (Lipinski definition) is 2. The van der Waals surface area contributed by atoms with E-state index >= 15 is 0 Å². The number of thiophene rings is 1. The maximum absolute atomic E-state index is 14.0. The molecule has 10 nitrogen and oxygen atoms in total. The van der Waals surface area contributed by atoms with Crippen LogP contribution < -0.4 is 16.0 Å². The van der Waals surface area contributed by atoms with Gasteiger partial charge in [0.2, 0.25) is 11.8 Å². The maximum atomic E-state index is 14.0. The summed E-state index contributed by atoms with van der Waals surface area (Å²) < 4.78 is 20.6. The molecule has 0 spiro atoms. The molecule has 0 saturated carbocycles. The molecular formula is C22H23FIN7O3S. The smallest absolute Gasteiger partial charge is 0.430 e. The van der Waals surface area contributed by atoms with Gasteiger partial charge >= 0.3 is 6.09 Å². The first-order valence-corrected chi connectivity index (χ1v) is 12.9. The molecule has 0 aliphatic carbocycles. The summed E-state index contributed by atoms with van der Waals surface area (Å²) >= 11 is 3.47. The monoisotopic (exact) mass is 611 g/mol. The van der Waals surface area contributed by atoms with Gasteiger partial charge in [0.15, 0.2) is 0 Å². The Morgan fingerprint density at radius 2 is 2.06 bits per heavy atom. The molecule has 4 heterocycles. The number of hydrogen-bond acceptors (Lipinski definition) is 10. The molecule has 2 aromatic heterocycles. The fraction of sp³-hybridized carbons (Fsp3) is 0.364. The van der Waals surface area contributed by atoms with Gasteiger partial charge in [0.05, 0.1) is 35.3 Å². The van der Waals surface area contributed by atoms with Crippen molar-refractivity contribution in [2.75, 3.05) is 48.7 Å². The third-order valence-electron chi connectivity index (χ3n) is 5.55. The zero-order valence-electron chi connectivity index (χ0n) is 19.0. The van der Waals surface area contributed by atoms with Gasteiger partial charge in [-0.2, -0.15) is 4.98 Å². The number of nitrogens with one attached hydrogen (secondary N) is 1. The van der Waals surface area contributed by atoms with Crippen LogP contribution in [0, 0.1) is 9.39 Å². The summed E-state index contributed by atoms with van der Waals surface area (Å²) in [6, 6.07) is 4.54. The number of piperazine rings is 1. The number of hydroxylamine groups is 2. The summed E-state index contributed by atoms with van der Waals surface area (Å²) in [6.07, 6.45) is -0.744. The Bertz CT molecular complexity index is 1320. The van der Waals surface area contributed by atoms with Gasteiger partial charge < -0.3 is 20.2 Å². The van der Waals surface area contributed by atoms with Gasteiger partial charge in [0, 0.05) is 22.0 Å². The number of halogens is 2. The molecule has 1 saturated heterocycles. The Balaban J connectivity index is 1.29. The average Bonchev–Trinajstić information content (AvgIpc) is 3.38. The molecule has 0 unspecified atom stereocenters. The lowest BCUT2D eigenvalue weighted by molar-refractivity contribution is -0.0966. The van der Waals surface area contributed by atoms with E-state index in [1.165, 1.54) is 23.5 Å². The van der Waals surface area contributed by atoms with E-state index in [2.05, 4.69) is 20.2 Å². The number of nitrogens with two attached hydrogens (primary N) is 1. The Morgan fingerprint density at radius 3 is 2.74 bits per heavy atom. The van der Waals surface area contributed by atoms with Crippen molar-refractivity contribution in [1.82, 2.24) is 15.0 Å². The van der Waals surface area contributed by atoms with Crippen molar-refractivity contribution in [2.24, 2.45) is 4.99 Å². The van der Waals surface area contributed by atoms with Crippen LogP contribution in [0.5, 0.6) is 0 Å². The van der Waals surface area contributed by atoms with Crippen LogP contribution in [0.2, 0.25) is 0 Å². The molecular weight excluding hydrogens is 588 g/mol. The number of fused-ring (bicyclic) bond motifs is 1. The second kappa shape index (κ2) is 9.35. The van der Waals surface area contributed by atoms with Gasteiger partial charge in [0.25, 0.3) is 0 Å². The van der Waals surface area contributed by atoms with E-state index in [4.69, 9.17) is 20.3 Å². The summed E-state index contributed by atoms with van der Waals surface area (Å²) in [5.74, 6) is 0.949.